The molecular weight excluding hydrogens is 312 g/mol. The van der Waals surface area contributed by atoms with E-state index < -0.39 is 0 Å². The molecular formula is C20H32N4O. The van der Waals surface area contributed by atoms with Crippen molar-refractivity contribution in [3.05, 3.63) is 24.3 Å². The van der Waals surface area contributed by atoms with E-state index in [-0.39, 0.29) is 5.91 Å². The molecule has 1 aromatic carbocycles. The zero-order valence-electron chi connectivity index (χ0n) is 15.5. The van der Waals surface area contributed by atoms with E-state index >= 15 is 0 Å². The van der Waals surface area contributed by atoms with E-state index in [0.717, 1.165) is 51.5 Å². The Morgan fingerprint density at radius 3 is 2.08 bits per heavy atom. The first-order chi connectivity index (χ1) is 12.2. The Morgan fingerprint density at radius 1 is 0.880 bits per heavy atom. The minimum atomic E-state index is 0.0903. The van der Waals surface area contributed by atoms with E-state index in [0.29, 0.717) is 6.54 Å². The Balaban J connectivity index is 1.47. The molecule has 0 unspecified atom stereocenters. The zero-order chi connectivity index (χ0) is 17.5. The van der Waals surface area contributed by atoms with Gasteiger partial charge in [0.05, 0.1) is 6.54 Å². The number of carbonyl (C=O) groups excluding carboxylic acids is 1. The zero-order valence-corrected chi connectivity index (χ0v) is 15.5. The van der Waals surface area contributed by atoms with Crippen LogP contribution in [0.25, 0.3) is 0 Å². The van der Waals surface area contributed by atoms with E-state index in [2.05, 4.69) is 39.1 Å². The number of anilines is 2. The first-order valence-corrected chi connectivity index (χ1v) is 9.84. The van der Waals surface area contributed by atoms with Crippen molar-refractivity contribution in [1.82, 2.24) is 9.80 Å². The van der Waals surface area contributed by atoms with Crippen molar-refractivity contribution in [3.63, 3.8) is 0 Å². The fraction of sp³-hybridized carbons (Fsp3) is 0.650. The standard InChI is InChI=1S/C20H32N4O/c1-2-22-13-15-23(16-14-22)17-20(25)21-18-7-9-19(10-8-18)24-11-5-3-4-6-12-24/h7-10H,2-6,11-17H2,1H3,(H,21,25). The Labute approximate surface area is 152 Å². The molecule has 5 heteroatoms. The van der Waals surface area contributed by atoms with Crippen LogP contribution in [0.3, 0.4) is 0 Å². The molecule has 0 aliphatic carbocycles. The SMILES string of the molecule is CCN1CCN(CC(=O)Nc2ccc(N3CCCCCC3)cc2)CC1. The summed E-state index contributed by atoms with van der Waals surface area (Å²) in [6.07, 6.45) is 5.25. The summed E-state index contributed by atoms with van der Waals surface area (Å²) >= 11 is 0. The van der Waals surface area contributed by atoms with Crippen LogP contribution in [0.15, 0.2) is 24.3 Å². The van der Waals surface area contributed by atoms with Gasteiger partial charge in [0.15, 0.2) is 0 Å². The van der Waals surface area contributed by atoms with Gasteiger partial charge in [-0.25, -0.2) is 0 Å². The highest BCUT2D eigenvalue weighted by Gasteiger charge is 2.18. The third-order valence-electron chi connectivity index (χ3n) is 5.40. The van der Waals surface area contributed by atoms with Gasteiger partial charge >= 0.3 is 0 Å². The number of nitrogens with zero attached hydrogens (tertiary/aromatic N) is 3. The Kier molecular flexibility index (Phi) is 6.70. The van der Waals surface area contributed by atoms with Crippen molar-refractivity contribution in [3.8, 4) is 0 Å². The summed E-state index contributed by atoms with van der Waals surface area (Å²) in [6.45, 7) is 10.2. The number of hydrogen-bond acceptors (Lipinski definition) is 4. The number of hydrogen-bond donors (Lipinski definition) is 1. The van der Waals surface area contributed by atoms with Crippen LogP contribution in [0.4, 0.5) is 11.4 Å². The lowest BCUT2D eigenvalue weighted by Gasteiger charge is -2.33. The molecule has 0 radical (unpaired) electrons. The maximum absolute atomic E-state index is 12.3. The summed E-state index contributed by atoms with van der Waals surface area (Å²) in [5.74, 6) is 0.0903. The molecule has 0 atom stereocenters. The van der Waals surface area contributed by atoms with Crippen molar-refractivity contribution in [2.24, 2.45) is 0 Å². The lowest BCUT2D eigenvalue weighted by atomic mass is 10.2. The highest BCUT2D eigenvalue weighted by Crippen LogP contribution is 2.21. The third-order valence-corrected chi connectivity index (χ3v) is 5.40. The van der Waals surface area contributed by atoms with E-state index in [1.54, 1.807) is 0 Å². The van der Waals surface area contributed by atoms with Crippen molar-refractivity contribution in [1.29, 1.82) is 0 Å². The second-order valence-electron chi connectivity index (χ2n) is 7.21. The van der Waals surface area contributed by atoms with Gasteiger partial charge in [0, 0.05) is 50.6 Å². The van der Waals surface area contributed by atoms with Crippen LogP contribution in [-0.2, 0) is 4.79 Å². The maximum Gasteiger partial charge on any atom is 0.238 e. The Bertz CT molecular complexity index is 529. The highest BCUT2D eigenvalue weighted by atomic mass is 16.2. The smallest absolute Gasteiger partial charge is 0.238 e. The van der Waals surface area contributed by atoms with Crippen LogP contribution in [0.2, 0.25) is 0 Å². The average Bonchev–Trinajstić information content (AvgIpc) is 2.92. The first kappa shape index (κ1) is 18.2. The van der Waals surface area contributed by atoms with Gasteiger partial charge in [-0.1, -0.05) is 19.8 Å². The molecule has 5 nitrogen and oxygen atoms in total. The highest BCUT2D eigenvalue weighted by molar-refractivity contribution is 5.92. The number of amides is 1. The molecule has 3 rings (SSSR count). The average molecular weight is 345 g/mol. The van der Waals surface area contributed by atoms with Gasteiger partial charge < -0.3 is 15.1 Å². The van der Waals surface area contributed by atoms with Crippen molar-refractivity contribution >= 4 is 17.3 Å². The second kappa shape index (κ2) is 9.20. The van der Waals surface area contributed by atoms with E-state index in [4.69, 9.17) is 0 Å². The Hall–Kier alpha value is -1.59. The molecule has 1 amide bonds. The number of benzene rings is 1. The minimum absolute atomic E-state index is 0.0903. The molecule has 0 aromatic heterocycles. The maximum atomic E-state index is 12.3. The van der Waals surface area contributed by atoms with Gasteiger partial charge in [-0.15, -0.1) is 0 Å². The van der Waals surface area contributed by atoms with Crippen molar-refractivity contribution in [2.45, 2.75) is 32.6 Å². The largest absolute Gasteiger partial charge is 0.372 e. The van der Waals surface area contributed by atoms with Crippen molar-refractivity contribution in [2.75, 3.05) is 62.6 Å². The predicted octanol–water partition coefficient (Wildman–Crippen LogP) is 2.64. The van der Waals surface area contributed by atoms with Gasteiger partial charge in [0.25, 0.3) is 0 Å². The number of piperazine rings is 1. The van der Waals surface area contributed by atoms with Crippen LogP contribution in [0.5, 0.6) is 0 Å². The summed E-state index contributed by atoms with van der Waals surface area (Å²) in [5, 5.41) is 3.04. The summed E-state index contributed by atoms with van der Waals surface area (Å²) in [6, 6.07) is 8.35. The summed E-state index contributed by atoms with van der Waals surface area (Å²) in [7, 11) is 0. The van der Waals surface area contributed by atoms with Crippen LogP contribution >= 0.6 is 0 Å². The normalized spacial score (nSPS) is 20.3. The van der Waals surface area contributed by atoms with E-state index in [1.165, 1.54) is 31.4 Å². The summed E-state index contributed by atoms with van der Waals surface area (Å²) < 4.78 is 0. The molecule has 2 aliphatic rings. The molecule has 0 bridgehead atoms. The predicted molar refractivity (Wildman–Crippen MR) is 104 cm³/mol. The van der Waals surface area contributed by atoms with Crippen LogP contribution in [-0.4, -0.2) is 68.1 Å². The fourth-order valence-electron chi connectivity index (χ4n) is 3.75. The lowest BCUT2D eigenvalue weighted by molar-refractivity contribution is -0.117. The topological polar surface area (TPSA) is 38.8 Å². The van der Waals surface area contributed by atoms with E-state index in [9.17, 15) is 4.79 Å². The molecule has 0 spiro atoms. The summed E-state index contributed by atoms with van der Waals surface area (Å²) in [5.41, 5.74) is 2.17. The second-order valence-corrected chi connectivity index (χ2v) is 7.21. The minimum Gasteiger partial charge on any atom is -0.372 e. The van der Waals surface area contributed by atoms with Gasteiger partial charge in [-0.3, -0.25) is 9.69 Å². The molecule has 25 heavy (non-hydrogen) atoms. The Morgan fingerprint density at radius 2 is 1.48 bits per heavy atom. The molecule has 1 aromatic rings. The van der Waals surface area contributed by atoms with Crippen molar-refractivity contribution < 1.29 is 4.79 Å². The quantitative estimate of drug-likeness (QED) is 0.891. The van der Waals surface area contributed by atoms with E-state index in [1.807, 2.05) is 12.1 Å². The third kappa shape index (κ3) is 5.44. The molecule has 0 saturated carbocycles. The van der Waals surface area contributed by atoms with Gasteiger partial charge in [0.1, 0.15) is 0 Å². The number of rotatable bonds is 5. The molecule has 2 aliphatic heterocycles. The van der Waals surface area contributed by atoms with Gasteiger partial charge in [-0.05, 0) is 43.7 Å². The molecule has 138 valence electrons. The lowest BCUT2D eigenvalue weighted by Crippen LogP contribution is -2.48. The van der Waals surface area contributed by atoms with Crippen LogP contribution in [0, 0.1) is 0 Å². The fourth-order valence-corrected chi connectivity index (χ4v) is 3.75. The number of nitrogens with one attached hydrogen (secondary N) is 1. The molecule has 1 N–H and O–H groups in total. The van der Waals surface area contributed by atoms with Crippen LogP contribution < -0.4 is 10.2 Å². The van der Waals surface area contributed by atoms with Crippen LogP contribution in [0.1, 0.15) is 32.6 Å². The molecule has 2 saturated heterocycles. The molecule has 2 heterocycles. The number of likely N-dealkylation sites (N-methyl/N-ethyl adjacent to an activating group) is 1. The van der Waals surface area contributed by atoms with Gasteiger partial charge in [0.2, 0.25) is 5.91 Å². The molecule has 2 fully saturated rings. The number of carbonyl (C=O) groups is 1. The monoisotopic (exact) mass is 344 g/mol. The summed E-state index contributed by atoms with van der Waals surface area (Å²) in [4.78, 5) is 19.4. The van der Waals surface area contributed by atoms with Gasteiger partial charge in [-0.2, -0.15) is 0 Å². The first-order valence-electron chi connectivity index (χ1n) is 9.84.